The molecule has 9 nitrogen and oxygen atoms in total. The van der Waals surface area contributed by atoms with Crippen LogP contribution in [-0.2, 0) is 0 Å². The molecule has 3 aromatic carbocycles. The van der Waals surface area contributed by atoms with Gasteiger partial charge in [-0.25, -0.2) is 0 Å². The third kappa shape index (κ3) is 5.77. The maximum absolute atomic E-state index is 11.0. The highest BCUT2D eigenvalue weighted by Crippen LogP contribution is 2.24. The Kier molecular flexibility index (Phi) is 7.30. The lowest BCUT2D eigenvalue weighted by Gasteiger charge is -2.17. The molecule has 0 spiro atoms. The van der Waals surface area contributed by atoms with Crippen LogP contribution in [0.2, 0.25) is 5.02 Å². The highest BCUT2D eigenvalue weighted by molar-refractivity contribution is 7.80. The van der Waals surface area contributed by atoms with Gasteiger partial charge >= 0.3 is 0 Å². The summed E-state index contributed by atoms with van der Waals surface area (Å²) in [6.07, 6.45) is 0. The number of halogens is 1. The summed E-state index contributed by atoms with van der Waals surface area (Å²) in [5.74, 6) is 1.30. The molecule has 35 heavy (non-hydrogen) atoms. The number of ether oxygens (including phenoxy) is 1. The summed E-state index contributed by atoms with van der Waals surface area (Å²) >= 11 is 17.1. The van der Waals surface area contributed by atoms with E-state index in [1.165, 1.54) is 12.1 Å². The van der Waals surface area contributed by atoms with E-state index in [1.54, 1.807) is 60.2 Å². The van der Waals surface area contributed by atoms with Crippen molar-refractivity contribution >= 4 is 58.5 Å². The second-order valence-electron chi connectivity index (χ2n) is 7.08. The predicted octanol–water partition coefficient (Wildman–Crippen LogP) is 6.04. The van der Waals surface area contributed by atoms with E-state index in [1.807, 2.05) is 12.1 Å². The first-order chi connectivity index (χ1) is 16.8. The summed E-state index contributed by atoms with van der Waals surface area (Å²) in [6.45, 7) is 0. The molecule has 176 valence electrons. The average Bonchev–Trinajstić information content (AvgIpc) is 2.85. The highest BCUT2D eigenvalue weighted by Gasteiger charge is 2.14. The Bertz CT molecular complexity index is 1440. The molecule has 1 aromatic heterocycles. The van der Waals surface area contributed by atoms with E-state index in [0.717, 1.165) is 5.69 Å². The second-order valence-corrected chi connectivity index (χ2v) is 8.29. The van der Waals surface area contributed by atoms with E-state index >= 15 is 0 Å². The van der Waals surface area contributed by atoms with Gasteiger partial charge in [0.25, 0.3) is 5.69 Å². The Hall–Kier alpha value is -3.93. The molecule has 12 heteroatoms. The van der Waals surface area contributed by atoms with Gasteiger partial charge in [-0.15, -0.1) is 0 Å². The number of rotatable bonds is 6. The average molecular weight is 525 g/mol. The minimum absolute atomic E-state index is 0.0391. The molecule has 0 bridgehead atoms. The maximum Gasteiger partial charge on any atom is 0.269 e. The molecule has 0 aliphatic heterocycles. The van der Waals surface area contributed by atoms with Gasteiger partial charge in [-0.05, 0) is 85.1 Å². The van der Waals surface area contributed by atoms with E-state index in [-0.39, 0.29) is 21.4 Å². The van der Waals surface area contributed by atoms with Crippen molar-refractivity contribution in [2.45, 2.75) is 0 Å². The molecule has 0 saturated carbocycles. The Balaban J connectivity index is 1.72. The van der Waals surface area contributed by atoms with E-state index in [0.29, 0.717) is 28.0 Å². The summed E-state index contributed by atoms with van der Waals surface area (Å²) in [6, 6.07) is 20.1. The molecular weight excluding hydrogens is 508 g/mol. The van der Waals surface area contributed by atoms with Crippen molar-refractivity contribution in [2.75, 3.05) is 17.7 Å². The zero-order valence-corrected chi connectivity index (χ0v) is 20.5. The number of nitrogens with one attached hydrogen (secondary N) is 2. The number of hydrogen-bond donors (Lipinski definition) is 2. The van der Waals surface area contributed by atoms with Crippen LogP contribution < -0.4 is 15.4 Å². The van der Waals surface area contributed by atoms with Crippen LogP contribution in [0.5, 0.6) is 5.75 Å². The Labute approximate surface area is 215 Å². The number of methoxy groups -OCH3 is 1. The topological polar surface area (TPSA) is 107 Å². The maximum atomic E-state index is 11.0. The van der Waals surface area contributed by atoms with Gasteiger partial charge in [0.1, 0.15) is 5.75 Å². The Morgan fingerprint density at radius 1 is 1.00 bits per heavy atom. The Morgan fingerprint density at radius 3 is 2.26 bits per heavy atom. The number of benzene rings is 3. The van der Waals surface area contributed by atoms with Crippen LogP contribution in [0.4, 0.5) is 17.3 Å². The molecule has 0 atom stereocenters. The SMILES string of the molecule is COc1ccc(NC(=S)Nc2nc(-c3ccc([N+](=O)[O-])cc3)nc(=S)n2-c2ccc(Cl)cc2)cc1. The molecular formula is C23H17ClN6O3S2. The van der Waals surface area contributed by atoms with Crippen molar-refractivity contribution in [3.63, 3.8) is 0 Å². The van der Waals surface area contributed by atoms with Gasteiger partial charge < -0.3 is 15.4 Å². The second kappa shape index (κ2) is 10.6. The molecule has 4 aromatic rings. The standard InChI is InChI=1S/C23H17ClN6O3S2/c1-33-19-12-6-16(7-13-19)25-22(34)28-21-26-20(14-2-8-18(9-3-14)30(31)32)27-23(35)29(21)17-10-4-15(24)5-11-17/h2-13H,1H3,(H2,25,26,27,28,34,35). The molecule has 0 saturated heterocycles. The minimum atomic E-state index is -0.473. The zero-order chi connectivity index (χ0) is 24.9. The number of nitro groups is 1. The lowest BCUT2D eigenvalue weighted by atomic mass is 10.2. The summed E-state index contributed by atoms with van der Waals surface area (Å²) in [4.78, 5) is 19.6. The van der Waals surface area contributed by atoms with E-state index in [9.17, 15) is 10.1 Å². The number of hydrogen-bond acceptors (Lipinski definition) is 7. The van der Waals surface area contributed by atoms with Crippen molar-refractivity contribution in [1.29, 1.82) is 0 Å². The van der Waals surface area contributed by atoms with Gasteiger partial charge in [-0.2, -0.15) is 9.97 Å². The minimum Gasteiger partial charge on any atom is -0.497 e. The van der Waals surface area contributed by atoms with Gasteiger partial charge in [0.2, 0.25) is 10.7 Å². The first kappa shape index (κ1) is 24.2. The Morgan fingerprint density at radius 2 is 1.66 bits per heavy atom. The van der Waals surface area contributed by atoms with Crippen LogP contribution in [0.25, 0.3) is 17.1 Å². The summed E-state index contributed by atoms with van der Waals surface area (Å²) in [5, 5.41) is 18.0. The van der Waals surface area contributed by atoms with Gasteiger partial charge in [-0.3, -0.25) is 14.7 Å². The summed E-state index contributed by atoms with van der Waals surface area (Å²) in [7, 11) is 1.59. The van der Waals surface area contributed by atoms with Crippen molar-refractivity contribution < 1.29 is 9.66 Å². The third-order valence-corrected chi connectivity index (χ3v) is 5.54. The quantitative estimate of drug-likeness (QED) is 0.177. The van der Waals surface area contributed by atoms with Crippen LogP contribution in [-0.4, -0.2) is 31.7 Å². The van der Waals surface area contributed by atoms with Crippen LogP contribution >= 0.6 is 36.0 Å². The van der Waals surface area contributed by atoms with Crippen molar-refractivity contribution in [3.8, 4) is 22.8 Å². The van der Waals surface area contributed by atoms with E-state index in [2.05, 4.69) is 20.6 Å². The summed E-state index contributed by atoms with van der Waals surface area (Å²) in [5.41, 5.74) is 1.93. The van der Waals surface area contributed by atoms with Gasteiger partial charge in [0.15, 0.2) is 10.9 Å². The van der Waals surface area contributed by atoms with Crippen LogP contribution in [0, 0.1) is 14.9 Å². The predicted molar refractivity (Wildman–Crippen MR) is 142 cm³/mol. The lowest BCUT2D eigenvalue weighted by molar-refractivity contribution is -0.384. The molecule has 0 unspecified atom stereocenters. The monoisotopic (exact) mass is 524 g/mol. The third-order valence-electron chi connectivity index (χ3n) is 4.81. The number of aromatic nitrogens is 3. The van der Waals surface area contributed by atoms with Crippen LogP contribution in [0.1, 0.15) is 0 Å². The lowest BCUT2D eigenvalue weighted by Crippen LogP contribution is -2.23. The van der Waals surface area contributed by atoms with Crippen LogP contribution in [0.3, 0.4) is 0 Å². The fraction of sp³-hybridized carbons (Fsp3) is 0.0435. The molecule has 0 fully saturated rings. The van der Waals surface area contributed by atoms with Crippen molar-refractivity contribution in [1.82, 2.24) is 14.5 Å². The largest absolute Gasteiger partial charge is 0.497 e. The smallest absolute Gasteiger partial charge is 0.269 e. The molecule has 0 aliphatic carbocycles. The molecule has 1 heterocycles. The van der Waals surface area contributed by atoms with E-state index in [4.69, 9.17) is 40.8 Å². The highest BCUT2D eigenvalue weighted by atomic mass is 35.5. The van der Waals surface area contributed by atoms with Crippen LogP contribution in [0.15, 0.2) is 72.8 Å². The number of non-ortho nitro benzene ring substituents is 1. The number of nitro benzene ring substituents is 1. The molecule has 4 rings (SSSR count). The fourth-order valence-corrected chi connectivity index (χ4v) is 3.73. The van der Waals surface area contributed by atoms with Crippen molar-refractivity contribution in [3.05, 3.63) is 92.7 Å². The zero-order valence-electron chi connectivity index (χ0n) is 18.1. The molecule has 0 radical (unpaired) electrons. The van der Waals surface area contributed by atoms with Gasteiger partial charge in [0.05, 0.1) is 17.7 Å². The molecule has 0 amide bonds. The number of anilines is 2. The van der Waals surface area contributed by atoms with E-state index < -0.39 is 4.92 Å². The molecule has 0 aliphatic rings. The van der Waals surface area contributed by atoms with Crippen molar-refractivity contribution in [2.24, 2.45) is 0 Å². The molecule has 2 N–H and O–H groups in total. The first-order valence-corrected chi connectivity index (χ1v) is 11.3. The number of thiocarbonyl (C=S) groups is 1. The normalized spacial score (nSPS) is 10.5. The first-order valence-electron chi connectivity index (χ1n) is 10.1. The number of nitrogens with zero attached hydrogens (tertiary/aromatic N) is 4. The van der Waals surface area contributed by atoms with Gasteiger partial charge in [0, 0.05) is 28.4 Å². The summed E-state index contributed by atoms with van der Waals surface area (Å²) < 4.78 is 6.99. The fourth-order valence-electron chi connectivity index (χ4n) is 3.11. The van der Waals surface area contributed by atoms with Gasteiger partial charge in [-0.1, -0.05) is 11.6 Å².